The van der Waals surface area contributed by atoms with Gasteiger partial charge in [-0.05, 0) is 43.9 Å². The van der Waals surface area contributed by atoms with Crippen LogP contribution in [0.2, 0.25) is 5.02 Å². The maximum absolute atomic E-state index is 12.1. The summed E-state index contributed by atoms with van der Waals surface area (Å²) in [6.07, 6.45) is 3.76. The third kappa shape index (κ3) is 4.95. The zero-order chi connectivity index (χ0) is 19.7. The number of aromatic nitrogens is 2. The summed E-state index contributed by atoms with van der Waals surface area (Å²) in [5.41, 5.74) is 0.771. The van der Waals surface area contributed by atoms with Crippen molar-refractivity contribution < 1.29 is 9.53 Å². The van der Waals surface area contributed by atoms with Gasteiger partial charge in [0.1, 0.15) is 11.4 Å². The first-order chi connectivity index (χ1) is 13.5. The van der Waals surface area contributed by atoms with E-state index in [-0.39, 0.29) is 20.8 Å². The highest BCUT2D eigenvalue weighted by molar-refractivity contribution is 6.30. The van der Waals surface area contributed by atoms with Gasteiger partial charge in [0.2, 0.25) is 11.9 Å². The number of benzene rings is 1. The van der Waals surface area contributed by atoms with Gasteiger partial charge in [0, 0.05) is 24.7 Å². The number of carbonyl (C=O) groups excluding carboxylic acids is 1. The van der Waals surface area contributed by atoms with Crippen molar-refractivity contribution in [2.24, 2.45) is 5.92 Å². The molecule has 2 aliphatic rings. The molecular formula is C22H32ClN5O2. The third-order valence-corrected chi connectivity index (χ3v) is 5.48. The summed E-state index contributed by atoms with van der Waals surface area (Å²) in [6, 6.07) is 7.81. The standard InChI is InChI=1S/C20H24ClN5O2.2CH4/c1-3-26-17-10-22-20(24-19(17)25(2)11-18(26)27)23-15-7-13(8-15)12-28-16-6-4-5-14(21)9-16;;/h4-6,9-10,13,15H,3,7-8,11-12H2,1-2H3,(H,22,23,24);2*1H4. The van der Waals surface area contributed by atoms with E-state index in [0.717, 1.165) is 30.1 Å². The van der Waals surface area contributed by atoms with Crippen LogP contribution in [-0.4, -0.2) is 48.7 Å². The van der Waals surface area contributed by atoms with Crippen molar-refractivity contribution in [2.75, 3.05) is 41.9 Å². The normalized spacial score (nSPS) is 19.8. The lowest BCUT2D eigenvalue weighted by atomic mass is 9.81. The summed E-state index contributed by atoms with van der Waals surface area (Å²) in [7, 11) is 1.88. The molecule has 1 fully saturated rings. The Kier molecular flexibility index (Phi) is 7.89. The number of ether oxygens (including phenoxy) is 1. The number of amides is 1. The Morgan fingerprint density at radius 1 is 1.30 bits per heavy atom. The van der Waals surface area contributed by atoms with Gasteiger partial charge in [-0.15, -0.1) is 0 Å². The Morgan fingerprint density at radius 2 is 2.07 bits per heavy atom. The molecule has 1 aromatic heterocycles. The van der Waals surface area contributed by atoms with Crippen LogP contribution in [0.25, 0.3) is 0 Å². The molecule has 1 aromatic carbocycles. The highest BCUT2D eigenvalue weighted by atomic mass is 35.5. The van der Waals surface area contributed by atoms with Crippen molar-refractivity contribution in [1.29, 1.82) is 0 Å². The van der Waals surface area contributed by atoms with Crippen molar-refractivity contribution in [3.8, 4) is 5.75 Å². The van der Waals surface area contributed by atoms with E-state index in [4.69, 9.17) is 16.3 Å². The summed E-state index contributed by atoms with van der Waals surface area (Å²) >= 11 is 5.98. The van der Waals surface area contributed by atoms with E-state index in [1.165, 1.54) is 0 Å². The molecule has 1 aliphatic heterocycles. The Morgan fingerprint density at radius 3 is 2.77 bits per heavy atom. The van der Waals surface area contributed by atoms with Gasteiger partial charge in [-0.1, -0.05) is 32.5 Å². The van der Waals surface area contributed by atoms with E-state index < -0.39 is 0 Å². The van der Waals surface area contributed by atoms with E-state index in [1.807, 2.05) is 43.1 Å². The molecule has 30 heavy (non-hydrogen) atoms. The molecule has 0 atom stereocenters. The zero-order valence-corrected chi connectivity index (χ0v) is 16.8. The van der Waals surface area contributed by atoms with Crippen LogP contribution in [0.1, 0.15) is 34.6 Å². The van der Waals surface area contributed by atoms with E-state index >= 15 is 0 Å². The lowest BCUT2D eigenvalue weighted by molar-refractivity contribution is -0.117. The number of fused-ring (bicyclic) bond motifs is 1. The molecule has 0 radical (unpaired) electrons. The van der Waals surface area contributed by atoms with Crippen LogP contribution in [0.4, 0.5) is 17.5 Å². The predicted octanol–water partition coefficient (Wildman–Crippen LogP) is 4.47. The largest absolute Gasteiger partial charge is 0.493 e. The molecule has 0 spiro atoms. The highest BCUT2D eigenvalue weighted by Crippen LogP contribution is 2.33. The Hall–Kier alpha value is -2.54. The van der Waals surface area contributed by atoms with Gasteiger partial charge in [0.25, 0.3) is 0 Å². The fraction of sp³-hybridized carbons (Fsp3) is 0.500. The molecule has 7 nitrogen and oxygen atoms in total. The number of anilines is 3. The average Bonchev–Trinajstić information content (AvgIpc) is 2.64. The number of likely N-dealkylation sites (N-methyl/N-ethyl adjacent to an activating group) is 2. The van der Waals surface area contributed by atoms with Gasteiger partial charge in [0.05, 0.1) is 19.3 Å². The summed E-state index contributed by atoms with van der Waals surface area (Å²) in [5.74, 6) is 2.78. The van der Waals surface area contributed by atoms with Crippen molar-refractivity contribution in [1.82, 2.24) is 9.97 Å². The summed E-state index contributed by atoms with van der Waals surface area (Å²) < 4.78 is 5.82. The maximum atomic E-state index is 12.1. The monoisotopic (exact) mass is 433 g/mol. The van der Waals surface area contributed by atoms with Gasteiger partial charge in [-0.2, -0.15) is 4.98 Å². The smallest absolute Gasteiger partial charge is 0.246 e. The number of halogens is 1. The highest BCUT2D eigenvalue weighted by Gasteiger charge is 2.32. The molecule has 0 unspecified atom stereocenters. The number of hydrogen-bond acceptors (Lipinski definition) is 6. The van der Waals surface area contributed by atoms with Gasteiger partial charge in [0.15, 0.2) is 5.82 Å². The van der Waals surface area contributed by atoms with Crippen LogP contribution in [0.15, 0.2) is 30.5 Å². The molecule has 4 rings (SSSR count). The fourth-order valence-electron chi connectivity index (χ4n) is 3.69. The van der Waals surface area contributed by atoms with E-state index in [2.05, 4.69) is 15.3 Å². The molecule has 1 amide bonds. The van der Waals surface area contributed by atoms with Crippen molar-refractivity contribution in [2.45, 2.75) is 40.7 Å². The minimum Gasteiger partial charge on any atom is -0.493 e. The average molecular weight is 434 g/mol. The number of rotatable bonds is 6. The number of carbonyl (C=O) groups is 1. The first kappa shape index (κ1) is 23.7. The SMILES string of the molecule is C.C.CCN1C(=O)CN(C)c2nc(NC3CC(COc4cccc(Cl)c4)C3)ncc21. The van der Waals surface area contributed by atoms with Gasteiger partial charge in [-0.3, -0.25) is 4.79 Å². The van der Waals surface area contributed by atoms with Crippen LogP contribution in [-0.2, 0) is 4.79 Å². The molecular weight excluding hydrogens is 402 g/mol. The molecule has 8 heteroatoms. The maximum Gasteiger partial charge on any atom is 0.246 e. The first-order valence-electron chi connectivity index (χ1n) is 9.57. The van der Waals surface area contributed by atoms with Gasteiger partial charge < -0.3 is 19.9 Å². The Labute approximate surface area is 184 Å². The number of nitrogens with one attached hydrogen (secondary N) is 1. The Bertz CT molecular complexity index is 872. The van der Waals surface area contributed by atoms with Crippen LogP contribution < -0.4 is 19.9 Å². The summed E-state index contributed by atoms with van der Waals surface area (Å²) in [6.45, 7) is 3.59. The lowest BCUT2D eigenvalue weighted by Crippen LogP contribution is -2.45. The molecule has 1 N–H and O–H groups in total. The zero-order valence-electron chi connectivity index (χ0n) is 16.1. The van der Waals surface area contributed by atoms with Crippen molar-refractivity contribution in [3.63, 3.8) is 0 Å². The van der Waals surface area contributed by atoms with Gasteiger partial charge in [-0.25, -0.2) is 4.98 Å². The van der Waals surface area contributed by atoms with Crippen molar-refractivity contribution in [3.05, 3.63) is 35.5 Å². The van der Waals surface area contributed by atoms with Crippen LogP contribution in [0.3, 0.4) is 0 Å². The fourth-order valence-corrected chi connectivity index (χ4v) is 3.87. The second-order valence-electron chi connectivity index (χ2n) is 7.34. The molecule has 0 bridgehead atoms. The van der Waals surface area contributed by atoms with Crippen LogP contribution in [0.5, 0.6) is 5.75 Å². The first-order valence-corrected chi connectivity index (χ1v) is 9.94. The topological polar surface area (TPSA) is 70.6 Å². The van der Waals surface area contributed by atoms with Crippen molar-refractivity contribution >= 4 is 35.0 Å². The minimum atomic E-state index is 0. The van der Waals surface area contributed by atoms with E-state index in [0.29, 0.717) is 42.6 Å². The molecule has 1 saturated carbocycles. The molecule has 2 aromatic rings. The molecule has 164 valence electrons. The number of nitrogens with zero attached hydrogens (tertiary/aromatic N) is 4. The minimum absolute atomic E-state index is 0. The lowest BCUT2D eigenvalue weighted by Gasteiger charge is -2.36. The van der Waals surface area contributed by atoms with Gasteiger partial charge >= 0.3 is 0 Å². The molecule has 1 aliphatic carbocycles. The molecule has 0 saturated heterocycles. The van der Waals surface area contributed by atoms with E-state index in [1.54, 1.807) is 11.1 Å². The van der Waals surface area contributed by atoms with E-state index in [9.17, 15) is 4.79 Å². The number of hydrogen-bond donors (Lipinski definition) is 1. The summed E-state index contributed by atoms with van der Waals surface area (Å²) in [5, 5.41) is 4.09. The Balaban J connectivity index is 0.00000160. The quantitative estimate of drug-likeness (QED) is 0.724. The van der Waals surface area contributed by atoms with Crippen LogP contribution in [0, 0.1) is 5.92 Å². The predicted molar refractivity (Wildman–Crippen MR) is 124 cm³/mol. The second kappa shape index (κ2) is 9.98. The van der Waals surface area contributed by atoms with Crippen LogP contribution >= 0.6 is 11.6 Å². The summed E-state index contributed by atoms with van der Waals surface area (Å²) in [4.78, 5) is 24.8. The third-order valence-electron chi connectivity index (χ3n) is 5.24. The second-order valence-corrected chi connectivity index (χ2v) is 7.78. The molecule has 2 heterocycles.